The van der Waals surface area contributed by atoms with Crippen molar-refractivity contribution in [3.8, 4) is 0 Å². The van der Waals surface area contributed by atoms with E-state index in [1.807, 2.05) is 6.07 Å². The van der Waals surface area contributed by atoms with Gasteiger partial charge in [-0.05, 0) is 29.0 Å². The molecule has 0 atom stereocenters. The molecule has 0 radical (unpaired) electrons. The topological polar surface area (TPSA) is 85.1 Å². The number of anilines is 1. The number of amides is 1. The molecule has 2 aromatic rings. The lowest BCUT2D eigenvalue weighted by Gasteiger charge is -2.03. The Morgan fingerprint density at radius 3 is 2.82 bits per heavy atom. The van der Waals surface area contributed by atoms with Crippen LogP contribution in [0.1, 0.15) is 5.56 Å². The normalized spacial score (nSPS) is 10.5. The number of aromatic nitrogens is 1. The maximum atomic E-state index is 11.7. The fourth-order valence-corrected chi connectivity index (χ4v) is 3.20. The van der Waals surface area contributed by atoms with Crippen LogP contribution in [0, 0.1) is 10.1 Å². The Balaban J connectivity index is 1.79. The van der Waals surface area contributed by atoms with Crippen LogP contribution in [0.5, 0.6) is 0 Å². The van der Waals surface area contributed by atoms with Crippen LogP contribution in [0.3, 0.4) is 0 Å². The van der Waals surface area contributed by atoms with Gasteiger partial charge in [0.2, 0.25) is 5.91 Å². The number of halogens is 2. The zero-order chi connectivity index (χ0) is 16.1. The molecule has 1 aromatic carbocycles. The molecular formula is C12H9Cl2N3O3S2. The SMILES string of the molecule is O=C(CSCc1ccc(Cl)c(Cl)c1)Nc1ncc([N+](=O)[O-])s1. The summed E-state index contributed by atoms with van der Waals surface area (Å²) >= 11 is 13.9. The third-order valence-corrected chi connectivity index (χ3v) is 5.01. The number of hydrogen-bond donors (Lipinski definition) is 1. The monoisotopic (exact) mass is 377 g/mol. The highest BCUT2D eigenvalue weighted by Gasteiger charge is 2.13. The zero-order valence-electron chi connectivity index (χ0n) is 10.9. The van der Waals surface area contributed by atoms with Crippen LogP contribution >= 0.6 is 46.3 Å². The van der Waals surface area contributed by atoms with Gasteiger partial charge in [-0.25, -0.2) is 4.98 Å². The van der Waals surface area contributed by atoms with Gasteiger partial charge in [-0.2, -0.15) is 0 Å². The highest BCUT2D eigenvalue weighted by Crippen LogP contribution is 2.26. The van der Waals surface area contributed by atoms with Crippen LogP contribution in [0.25, 0.3) is 0 Å². The van der Waals surface area contributed by atoms with Crippen molar-refractivity contribution in [1.82, 2.24) is 4.98 Å². The van der Waals surface area contributed by atoms with Gasteiger partial charge in [0.25, 0.3) is 0 Å². The van der Waals surface area contributed by atoms with Crippen molar-refractivity contribution in [1.29, 1.82) is 0 Å². The first kappa shape index (κ1) is 17.0. The zero-order valence-corrected chi connectivity index (χ0v) is 14.1. The van der Waals surface area contributed by atoms with Gasteiger partial charge >= 0.3 is 5.00 Å². The third-order valence-electron chi connectivity index (χ3n) is 2.41. The number of carbonyl (C=O) groups is 1. The molecule has 0 saturated carbocycles. The summed E-state index contributed by atoms with van der Waals surface area (Å²) in [5.41, 5.74) is 0.956. The number of rotatable bonds is 6. The Morgan fingerprint density at radius 1 is 1.41 bits per heavy atom. The van der Waals surface area contributed by atoms with Crippen molar-refractivity contribution in [2.75, 3.05) is 11.1 Å². The molecule has 116 valence electrons. The van der Waals surface area contributed by atoms with E-state index in [0.29, 0.717) is 15.8 Å². The summed E-state index contributed by atoms with van der Waals surface area (Å²) in [4.78, 5) is 25.5. The number of hydrogen-bond acceptors (Lipinski definition) is 6. The van der Waals surface area contributed by atoms with Gasteiger partial charge in [0.1, 0.15) is 6.20 Å². The Labute approximate surface area is 144 Å². The van der Waals surface area contributed by atoms with Gasteiger partial charge in [-0.3, -0.25) is 14.9 Å². The van der Waals surface area contributed by atoms with Crippen LogP contribution in [-0.4, -0.2) is 21.6 Å². The average molecular weight is 378 g/mol. The molecule has 6 nitrogen and oxygen atoms in total. The van der Waals surface area contributed by atoms with Crippen molar-refractivity contribution in [3.63, 3.8) is 0 Å². The number of thiazole rings is 1. The molecule has 0 bridgehead atoms. The van der Waals surface area contributed by atoms with E-state index in [9.17, 15) is 14.9 Å². The first-order chi connectivity index (χ1) is 10.5. The molecule has 1 N–H and O–H groups in total. The van der Waals surface area contributed by atoms with Crippen LogP contribution in [-0.2, 0) is 10.5 Å². The number of benzene rings is 1. The number of carbonyl (C=O) groups excluding carboxylic acids is 1. The summed E-state index contributed by atoms with van der Waals surface area (Å²) in [5.74, 6) is 0.532. The molecule has 1 heterocycles. The Morgan fingerprint density at radius 2 is 2.18 bits per heavy atom. The lowest BCUT2D eigenvalue weighted by molar-refractivity contribution is -0.380. The average Bonchev–Trinajstić information content (AvgIpc) is 2.91. The van der Waals surface area contributed by atoms with Crippen LogP contribution in [0.2, 0.25) is 10.0 Å². The second-order valence-electron chi connectivity index (χ2n) is 4.05. The summed E-state index contributed by atoms with van der Waals surface area (Å²) in [6.45, 7) is 0. The molecule has 0 unspecified atom stereocenters. The van der Waals surface area contributed by atoms with E-state index in [-0.39, 0.29) is 21.8 Å². The maximum absolute atomic E-state index is 11.7. The van der Waals surface area contributed by atoms with Gasteiger partial charge in [-0.15, -0.1) is 11.8 Å². The molecule has 22 heavy (non-hydrogen) atoms. The predicted molar refractivity (Wildman–Crippen MR) is 90.0 cm³/mol. The predicted octanol–water partition coefficient (Wildman–Crippen LogP) is 4.23. The van der Waals surface area contributed by atoms with Crippen molar-refractivity contribution in [3.05, 3.63) is 50.1 Å². The number of nitrogens with one attached hydrogen (secondary N) is 1. The van der Waals surface area contributed by atoms with Crippen molar-refractivity contribution >= 4 is 62.3 Å². The van der Waals surface area contributed by atoms with Crippen molar-refractivity contribution in [2.24, 2.45) is 0 Å². The molecule has 0 spiro atoms. The molecule has 0 aliphatic rings. The van der Waals surface area contributed by atoms with Gasteiger partial charge in [0.15, 0.2) is 5.13 Å². The van der Waals surface area contributed by atoms with E-state index in [2.05, 4.69) is 10.3 Å². The quantitative estimate of drug-likeness (QED) is 0.601. The van der Waals surface area contributed by atoms with Crippen molar-refractivity contribution < 1.29 is 9.72 Å². The number of thioether (sulfide) groups is 1. The number of nitro groups is 1. The van der Waals surface area contributed by atoms with Crippen LogP contribution in [0.15, 0.2) is 24.4 Å². The van der Waals surface area contributed by atoms with E-state index >= 15 is 0 Å². The smallest absolute Gasteiger partial charge is 0.301 e. The second-order valence-corrected chi connectivity index (χ2v) is 6.86. The summed E-state index contributed by atoms with van der Waals surface area (Å²) < 4.78 is 0. The Bertz CT molecular complexity index is 709. The first-order valence-electron chi connectivity index (χ1n) is 5.87. The van der Waals surface area contributed by atoms with Gasteiger partial charge in [0.05, 0.1) is 20.7 Å². The fourth-order valence-electron chi connectivity index (χ4n) is 1.45. The first-order valence-corrected chi connectivity index (χ1v) is 8.60. The maximum Gasteiger partial charge on any atom is 0.345 e. The largest absolute Gasteiger partial charge is 0.345 e. The van der Waals surface area contributed by atoms with Gasteiger partial charge in [0, 0.05) is 5.75 Å². The summed E-state index contributed by atoms with van der Waals surface area (Å²) in [7, 11) is 0. The highest BCUT2D eigenvalue weighted by molar-refractivity contribution is 7.99. The molecule has 2 rings (SSSR count). The van der Waals surface area contributed by atoms with E-state index < -0.39 is 4.92 Å². The molecule has 0 fully saturated rings. The molecule has 0 aliphatic carbocycles. The van der Waals surface area contributed by atoms with Gasteiger partial charge < -0.3 is 5.32 Å². The lowest BCUT2D eigenvalue weighted by Crippen LogP contribution is -2.13. The minimum absolute atomic E-state index is 0.112. The summed E-state index contributed by atoms with van der Waals surface area (Å²) in [5, 5.41) is 14.1. The molecule has 0 aliphatic heterocycles. The molecule has 1 aromatic heterocycles. The fraction of sp³-hybridized carbons (Fsp3) is 0.167. The van der Waals surface area contributed by atoms with E-state index in [0.717, 1.165) is 23.1 Å². The van der Waals surface area contributed by atoms with Crippen LogP contribution in [0.4, 0.5) is 10.1 Å². The summed E-state index contributed by atoms with van der Waals surface area (Å²) in [6.07, 6.45) is 1.11. The lowest BCUT2D eigenvalue weighted by atomic mass is 10.2. The van der Waals surface area contributed by atoms with E-state index in [4.69, 9.17) is 23.2 Å². The van der Waals surface area contributed by atoms with E-state index in [1.165, 1.54) is 11.8 Å². The molecule has 10 heteroatoms. The number of nitrogens with zero attached hydrogens (tertiary/aromatic N) is 2. The van der Waals surface area contributed by atoms with Crippen LogP contribution < -0.4 is 5.32 Å². The molecule has 0 saturated heterocycles. The third kappa shape index (κ3) is 4.84. The highest BCUT2D eigenvalue weighted by atomic mass is 35.5. The van der Waals surface area contributed by atoms with E-state index in [1.54, 1.807) is 12.1 Å². The summed E-state index contributed by atoms with van der Waals surface area (Å²) in [6, 6.07) is 5.29. The molecule has 1 amide bonds. The second kappa shape index (κ2) is 7.77. The minimum atomic E-state index is -0.549. The minimum Gasteiger partial charge on any atom is -0.301 e. The molecular weight excluding hydrogens is 369 g/mol. The van der Waals surface area contributed by atoms with Crippen molar-refractivity contribution in [2.45, 2.75) is 5.75 Å². The standard InChI is InChI=1S/C12H9Cl2N3O3S2/c13-8-2-1-7(3-9(8)14)5-21-6-10(18)16-12-15-4-11(22-12)17(19)20/h1-4H,5-6H2,(H,15,16,18). The van der Waals surface area contributed by atoms with Gasteiger partial charge in [-0.1, -0.05) is 29.3 Å². The Hall–Kier alpha value is -1.35. The Kier molecular flexibility index (Phi) is 6.01.